The maximum Gasteiger partial charge on any atom is 0.326 e. The Labute approximate surface area is 106 Å². The molecule has 1 aliphatic rings. The molecule has 104 valence electrons. The van der Waals surface area contributed by atoms with E-state index < -0.39 is 18.0 Å². The Morgan fingerprint density at radius 3 is 2.50 bits per heavy atom. The molecule has 2 amide bonds. The van der Waals surface area contributed by atoms with E-state index in [4.69, 9.17) is 10.2 Å². The molecule has 0 aliphatic carbocycles. The Morgan fingerprint density at radius 2 is 2.00 bits per heavy atom. The van der Waals surface area contributed by atoms with Crippen LogP contribution in [0.5, 0.6) is 0 Å². The van der Waals surface area contributed by atoms with Crippen molar-refractivity contribution in [3.8, 4) is 0 Å². The third-order valence-corrected chi connectivity index (χ3v) is 3.07. The first kappa shape index (κ1) is 14.7. The zero-order valence-corrected chi connectivity index (χ0v) is 10.6. The number of carboxylic acids is 1. The molecule has 0 radical (unpaired) electrons. The summed E-state index contributed by atoms with van der Waals surface area (Å²) < 4.78 is 0. The van der Waals surface area contributed by atoms with Gasteiger partial charge in [-0.25, -0.2) is 9.59 Å². The van der Waals surface area contributed by atoms with Crippen molar-refractivity contribution in [2.45, 2.75) is 31.3 Å². The summed E-state index contributed by atoms with van der Waals surface area (Å²) in [5, 5.41) is 22.7. The molecule has 0 bridgehead atoms. The lowest BCUT2D eigenvalue weighted by Gasteiger charge is -2.29. The minimum Gasteiger partial charge on any atom is -0.480 e. The van der Waals surface area contributed by atoms with Gasteiger partial charge in [0.25, 0.3) is 0 Å². The molecule has 1 fully saturated rings. The number of aliphatic hydroxyl groups is 1. The summed E-state index contributed by atoms with van der Waals surface area (Å²) in [6.07, 6.45) is 1.74. The SMILES string of the molecule is CN1CCC(NC(=O)N[C@@H](CCO)C(=O)O)CC1. The Hall–Kier alpha value is -1.34. The number of urea groups is 1. The molecule has 4 N–H and O–H groups in total. The van der Waals surface area contributed by atoms with Gasteiger partial charge in [-0.15, -0.1) is 0 Å². The van der Waals surface area contributed by atoms with E-state index in [1.54, 1.807) is 0 Å². The summed E-state index contributed by atoms with van der Waals surface area (Å²) in [6.45, 7) is 1.57. The number of amides is 2. The van der Waals surface area contributed by atoms with Crippen molar-refractivity contribution in [3.63, 3.8) is 0 Å². The lowest BCUT2D eigenvalue weighted by molar-refractivity contribution is -0.139. The quantitative estimate of drug-likeness (QED) is 0.518. The first-order valence-electron chi connectivity index (χ1n) is 6.12. The molecule has 0 spiro atoms. The summed E-state index contributed by atoms with van der Waals surface area (Å²) in [5.74, 6) is -1.14. The van der Waals surface area contributed by atoms with Crippen LogP contribution >= 0.6 is 0 Å². The first-order valence-corrected chi connectivity index (χ1v) is 6.12. The Morgan fingerprint density at radius 1 is 1.39 bits per heavy atom. The molecule has 1 heterocycles. The molecule has 0 aromatic rings. The maximum atomic E-state index is 11.6. The van der Waals surface area contributed by atoms with E-state index >= 15 is 0 Å². The molecule has 0 aromatic heterocycles. The Balaban J connectivity index is 2.33. The molecule has 7 nitrogen and oxygen atoms in total. The molecular weight excluding hydrogens is 238 g/mol. The van der Waals surface area contributed by atoms with Crippen molar-refractivity contribution < 1.29 is 19.8 Å². The third-order valence-electron chi connectivity index (χ3n) is 3.07. The Kier molecular flexibility index (Phi) is 5.87. The summed E-state index contributed by atoms with van der Waals surface area (Å²) >= 11 is 0. The highest BCUT2D eigenvalue weighted by atomic mass is 16.4. The normalized spacial score (nSPS) is 19.2. The highest BCUT2D eigenvalue weighted by Crippen LogP contribution is 2.07. The van der Waals surface area contributed by atoms with Crippen LogP contribution in [0.3, 0.4) is 0 Å². The number of aliphatic hydroxyl groups excluding tert-OH is 1. The Bertz CT molecular complexity index is 290. The topological polar surface area (TPSA) is 102 Å². The molecule has 1 atom stereocenters. The number of rotatable bonds is 5. The van der Waals surface area contributed by atoms with E-state index in [1.807, 2.05) is 7.05 Å². The number of hydrogen-bond donors (Lipinski definition) is 4. The predicted octanol–water partition coefficient (Wildman–Crippen LogP) is -0.785. The molecule has 0 unspecified atom stereocenters. The van der Waals surface area contributed by atoms with E-state index in [0.717, 1.165) is 25.9 Å². The molecule has 1 aliphatic heterocycles. The minimum atomic E-state index is -1.14. The second-order valence-corrected chi connectivity index (χ2v) is 4.60. The fourth-order valence-corrected chi connectivity index (χ4v) is 1.92. The lowest BCUT2D eigenvalue weighted by Crippen LogP contribution is -2.51. The van der Waals surface area contributed by atoms with Crippen molar-refractivity contribution in [2.75, 3.05) is 26.7 Å². The van der Waals surface area contributed by atoms with Crippen LogP contribution < -0.4 is 10.6 Å². The molecule has 1 rings (SSSR count). The van der Waals surface area contributed by atoms with Crippen molar-refractivity contribution >= 4 is 12.0 Å². The molecule has 1 saturated heterocycles. The van der Waals surface area contributed by atoms with Gasteiger partial charge in [0.1, 0.15) is 6.04 Å². The summed E-state index contributed by atoms with van der Waals surface area (Å²) in [7, 11) is 2.03. The van der Waals surface area contributed by atoms with Crippen LogP contribution in [0.2, 0.25) is 0 Å². The second kappa shape index (κ2) is 7.17. The summed E-state index contributed by atoms with van der Waals surface area (Å²) in [5.41, 5.74) is 0. The number of hydrogen-bond acceptors (Lipinski definition) is 4. The van der Waals surface area contributed by atoms with Gasteiger partial charge in [-0.3, -0.25) is 0 Å². The van der Waals surface area contributed by atoms with Crippen LogP contribution in [0.4, 0.5) is 4.79 Å². The van der Waals surface area contributed by atoms with Gasteiger partial charge in [0.15, 0.2) is 0 Å². The van der Waals surface area contributed by atoms with Crippen LogP contribution in [0.25, 0.3) is 0 Å². The van der Waals surface area contributed by atoms with Crippen LogP contribution in [0, 0.1) is 0 Å². The number of carbonyl (C=O) groups excluding carboxylic acids is 1. The van der Waals surface area contributed by atoms with Gasteiger partial charge >= 0.3 is 12.0 Å². The zero-order valence-electron chi connectivity index (χ0n) is 10.6. The third kappa shape index (κ3) is 4.89. The van der Waals surface area contributed by atoms with E-state index in [2.05, 4.69) is 15.5 Å². The average Bonchev–Trinajstić information content (AvgIpc) is 2.31. The number of likely N-dealkylation sites (tertiary alicyclic amines) is 1. The monoisotopic (exact) mass is 259 g/mol. The van der Waals surface area contributed by atoms with Crippen LogP contribution in [0.15, 0.2) is 0 Å². The number of piperidine rings is 1. The average molecular weight is 259 g/mol. The highest BCUT2D eigenvalue weighted by molar-refractivity contribution is 5.82. The maximum absolute atomic E-state index is 11.6. The number of nitrogens with zero attached hydrogens (tertiary/aromatic N) is 1. The van der Waals surface area contributed by atoms with Gasteiger partial charge in [-0.2, -0.15) is 0 Å². The van der Waals surface area contributed by atoms with Gasteiger partial charge in [-0.05, 0) is 33.0 Å². The molecule has 0 aromatic carbocycles. The second-order valence-electron chi connectivity index (χ2n) is 4.60. The van der Waals surface area contributed by atoms with E-state index in [0.29, 0.717) is 0 Å². The van der Waals surface area contributed by atoms with E-state index in [1.165, 1.54) is 0 Å². The molecule has 18 heavy (non-hydrogen) atoms. The number of carbonyl (C=O) groups is 2. The lowest BCUT2D eigenvalue weighted by atomic mass is 10.1. The van der Waals surface area contributed by atoms with E-state index in [9.17, 15) is 9.59 Å². The van der Waals surface area contributed by atoms with Crippen molar-refractivity contribution in [1.82, 2.24) is 15.5 Å². The molecular formula is C11H21N3O4. The van der Waals surface area contributed by atoms with Gasteiger partial charge in [0.05, 0.1) is 0 Å². The highest BCUT2D eigenvalue weighted by Gasteiger charge is 2.22. The van der Waals surface area contributed by atoms with Crippen LogP contribution in [0.1, 0.15) is 19.3 Å². The van der Waals surface area contributed by atoms with Gasteiger partial charge in [0.2, 0.25) is 0 Å². The van der Waals surface area contributed by atoms with Gasteiger partial charge in [-0.1, -0.05) is 0 Å². The van der Waals surface area contributed by atoms with Crippen molar-refractivity contribution in [3.05, 3.63) is 0 Å². The van der Waals surface area contributed by atoms with E-state index in [-0.39, 0.29) is 19.1 Å². The zero-order chi connectivity index (χ0) is 13.5. The predicted molar refractivity (Wildman–Crippen MR) is 65.3 cm³/mol. The van der Waals surface area contributed by atoms with Crippen LogP contribution in [-0.4, -0.2) is 65.9 Å². The van der Waals surface area contributed by atoms with Crippen molar-refractivity contribution in [1.29, 1.82) is 0 Å². The van der Waals surface area contributed by atoms with Gasteiger partial charge in [0, 0.05) is 19.1 Å². The fraction of sp³-hybridized carbons (Fsp3) is 0.818. The summed E-state index contributed by atoms with van der Waals surface area (Å²) in [4.78, 5) is 24.6. The standard InChI is InChI=1S/C11H21N3O4/c1-14-5-2-8(3-6-14)12-11(18)13-9(4-7-15)10(16)17/h8-9,15H,2-7H2,1H3,(H,16,17)(H2,12,13,18)/t9-/m0/s1. The molecule has 7 heteroatoms. The minimum absolute atomic E-state index is 0.0101. The first-order chi connectivity index (χ1) is 8.52. The van der Waals surface area contributed by atoms with Gasteiger partial charge < -0.3 is 25.7 Å². The smallest absolute Gasteiger partial charge is 0.326 e. The van der Waals surface area contributed by atoms with Crippen molar-refractivity contribution in [2.24, 2.45) is 0 Å². The fourth-order valence-electron chi connectivity index (χ4n) is 1.92. The number of carboxylic acid groups (broad SMARTS) is 1. The summed E-state index contributed by atoms with van der Waals surface area (Å²) in [6, 6.07) is -1.43. The number of nitrogens with one attached hydrogen (secondary N) is 2. The molecule has 0 saturated carbocycles. The van der Waals surface area contributed by atoms with Crippen LogP contribution in [-0.2, 0) is 4.79 Å². The number of aliphatic carboxylic acids is 1. The largest absolute Gasteiger partial charge is 0.480 e.